The molecule has 4 aliphatic rings. The van der Waals surface area contributed by atoms with Crippen LogP contribution in [0.1, 0.15) is 70.1 Å². The summed E-state index contributed by atoms with van der Waals surface area (Å²) in [4.78, 5) is 70.0. The number of benzene rings is 4. The van der Waals surface area contributed by atoms with Crippen molar-refractivity contribution in [2.75, 3.05) is 39.3 Å². The molecule has 4 heterocycles. The van der Waals surface area contributed by atoms with Crippen LogP contribution in [0, 0.1) is 0 Å². The Morgan fingerprint density at radius 1 is 0.596 bits per heavy atom. The molecule has 10 rings (SSSR count). The summed E-state index contributed by atoms with van der Waals surface area (Å²) in [5, 5.41) is 10.4. The first kappa shape index (κ1) is 30.9. The van der Waals surface area contributed by atoms with E-state index in [1.807, 2.05) is 47.0 Å². The lowest BCUT2D eigenvalue weighted by atomic mass is 9.90. The lowest BCUT2D eigenvalue weighted by molar-refractivity contribution is 0.0597. The zero-order chi connectivity index (χ0) is 35.1. The van der Waals surface area contributed by atoms with E-state index < -0.39 is 0 Å². The van der Waals surface area contributed by atoms with Gasteiger partial charge in [-0.2, -0.15) is 0 Å². The van der Waals surface area contributed by atoms with E-state index in [4.69, 9.17) is 0 Å². The van der Waals surface area contributed by atoms with Gasteiger partial charge in [-0.3, -0.25) is 33.5 Å². The lowest BCUT2D eigenvalue weighted by Gasteiger charge is -2.28. The largest absolute Gasteiger partial charge is 0.315 e. The minimum atomic E-state index is -0.298. The fourth-order valence-corrected chi connectivity index (χ4v) is 8.76. The maximum absolute atomic E-state index is 14.0. The van der Waals surface area contributed by atoms with Crippen molar-refractivity contribution in [1.82, 2.24) is 40.0 Å². The molecule has 2 aliphatic carbocycles. The van der Waals surface area contributed by atoms with E-state index in [1.165, 1.54) is 27.3 Å². The average Bonchev–Trinajstić information content (AvgIpc) is 3.92. The van der Waals surface area contributed by atoms with E-state index in [0.717, 1.165) is 76.0 Å². The van der Waals surface area contributed by atoms with Crippen molar-refractivity contribution in [2.24, 2.45) is 0 Å². The highest BCUT2D eigenvalue weighted by atomic mass is 16.2. The van der Waals surface area contributed by atoms with Gasteiger partial charge in [-0.25, -0.2) is 15.0 Å². The summed E-state index contributed by atoms with van der Waals surface area (Å²) in [6.07, 6.45) is 9.25. The molecular formula is C40H34N8O4. The summed E-state index contributed by atoms with van der Waals surface area (Å²) < 4.78 is 1.94. The van der Waals surface area contributed by atoms with Crippen LogP contribution in [-0.4, -0.2) is 92.2 Å². The quantitative estimate of drug-likeness (QED) is 0.153. The number of fused-ring (bicyclic) bond motifs is 1. The summed E-state index contributed by atoms with van der Waals surface area (Å²) in [6, 6.07) is 13.6. The first-order chi connectivity index (χ1) is 25.5. The van der Waals surface area contributed by atoms with Gasteiger partial charge in [-0.05, 0) is 102 Å². The monoisotopic (exact) mass is 690 g/mol. The van der Waals surface area contributed by atoms with Crippen LogP contribution in [0.3, 0.4) is 0 Å². The van der Waals surface area contributed by atoms with Crippen LogP contribution in [0.25, 0.3) is 38.4 Å². The normalized spacial score (nSPS) is 15.8. The van der Waals surface area contributed by atoms with E-state index in [1.54, 1.807) is 12.5 Å². The predicted octanol–water partition coefficient (Wildman–Crippen LogP) is 3.78. The average molecular weight is 691 g/mol. The molecule has 0 unspecified atom stereocenters. The van der Waals surface area contributed by atoms with Gasteiger partial charge in [0.15, 0.2) is 5.65 Å². The second kappa shape index (κ2) is 11.9. The van der Waals surface area contributed by atoms with Crippen LogP contribution in [-0.2, 0) is 25.7 Å². The SMILES string of the molecule is O=C1c2ccc3c4c(ccc(c24)C(=O)N1CCNCCCNCCN1C(=O)c2ccc4c5c(c(-n6cnc7ncncc76)cc(c25)C1=O)CC4)CC3. The number of carbonyl (C=O) groups excluding carboxylic acids is 4. The Morgan fingerprint density at radius 3 is 1.79 bits per heavy atom. The molecule has 0 bridgehead atoms. The minimum absolute atomic E-state index is 0.230. The number of carbonyl (C=O) groups is 4. The number of amides is 4. The molecule has 0 saturated carbocycles. The molecule has 2 aromatic heterocycles. The number of imidazole rings is 1. The van der Waals surface area contributed by atoms with Crippen molar-refractivity contribution in [1.29, 1.82) is 0 Å². The van der Waals surface area contributed by atoms with Crippen molar-refractivity contribution in [3.05, 3.63) is 106 Å². The topological polar surface area (TPSA) is 142 Å². The molecule has 258 valence electrons. The smallest absolute Gasteiger partial charge is 0.261 e. The molecular weight excluding hydrogens is 656 g/mol. The molecule has 0 saturated heterocycles. The minimum Gasteiger partial charge on any atom is -0.315 e. The van der Waals surface area contributed by atoms with E-state index in [0.29, 0.717) is 60.6 Å². The summed E-state index contributed by atoms with van der Waals surface area (Å²) in [5.41, 5.74) is 9.20. The van der Waals surface area contributed by atoms with Gasteiger partial charge in [0.05, 0.1) is 17.4 Å². The fourth-order valence-electron chi connectivity index (χ4n) is 8.76. The maximum atomic E-state index is 14.0. The fraction of sp³-hybridized carbons (Fsp3) is 0.275. The highest BCUT2D eigenvalue weighted by Crippen LogP contribution is 2.42. The Hall–Kier alpha value is -5.85. The van der Waals surface area contributed by atoms with E-state index in [2.05, 4.69) is 25.6 Å². The third-order valence-corrected chi connectivity index (χ3v) is 11.2. The summed E-state index contributed by atoms with van der Waals surface area (Å²) >= 11 is 0. The molecule has 0 spiro atoms. The Balaban J connectivity index is 0.757. The molecule has 6 aromatic rings. The van der Waals surface area contributed by atoms with Crippen molar-refractivity contribution < 1.29 is 19.2 Å². The van der Waals surface area contributed by atoms with E-state index in [-0.39, 0.29) is 30.2 Å². The highest BCUT2D eigenvalue weighted by molar-refractivity contribution is 6.27. The zero-order valence-corrected chi connectivity index (χ0v) is 28.4. The molecule has 0 radical (unpaired) electrons. The van der Waals surface area contributed by atoms with Crippen LogP contribution < -0.4 is 10.6 Å². The van der Waals surface area contributed by atoms with E-state index in [9.17, 15) is 19.2 Å². The first-order valence-corrected chi connectivity index (χ1v) is 18.0. The van der Waals surface area contributed by atoms with Gasteiger partial charge in [0.25, 0.3) is 23.6 Å². The number of aromatic nitrogens is 4. The van der Waals surface area contributed by atoms with Gasteiger partial charge in [0, 0.05) is 53.6 Å². The van der Waals surface area contributed by atoms with Crippen LogP contribution >= 0.6 is 0 Å². The maximum Gasteiger partial charge on any atom is 0.261 e. The third-order valence-electron chi connectivity index (χ3n) is 11.2. The van der Waals surface area contributed by atoms with Gasteiger partial charge in [-0.15, -0.1) is 0 Å². The van der Waals surface area contributed by atoms with Gasteiger partial charge >= 0.3 is 0 Å². The van der Waals surface area contributed by atoms with Crippen molar-refractivity contribution in [3.8, 4) is 5.69 Å². The molecule has 2 N–H and O–H groups in total. The van der Waals surface area contributed by atoms with Crippen LogP contribution in [0.5, 0.6) is 0 Å². The van der Waals surface area contributed by atoms with Gasteiger partial charge < -0.3 is 10.6 Å². The van der Waals surface area contributed by atoms with Crippen LogP contribution in [0.4, 0.5) is 0 Å². The second-order valence-electron chi connectivity index (χ2n) is 14.0. The Labute approximate surface area is 297 Å². The van der Waals surface area contributed by atoms with Gasteiger partial charge in [0.1, 0.15) is 18.2 Å². The molecule has 12 heteroatoms. The number of imide groups is 2. The molecule has 4 amide bonds. The molecule has 12 nitrogen and oxygen atoms in total. The number of hydrogen-bond donors (Lipinski definition) is 2. The highest BCUT2D eigenvalue weighted by Gasteiger charge is 2.37. The Kier molecular flexibility index (Phi) is 7.05. The summed E-state index contributed by atoms with van der Waals surface area (Å²) in [7, 11) is 0. The zero-order valence-electron chi connectivity index (χ0n) is 28.4. The molecule has 4 aromatic carbocycles. The van der Waals surface area contributed by atoms with Crippen molar-refractivity contribution in [2.45, 2.75) is 32.1 Å². The standard InChI is InChI=1S/C40H34N8O4/c49-37-26-9-5-22-2-3-23-6-10-27(34(26)32(22)23)38(50)46(37)16-14-41-12-1-13-42-15-17-47-39(51)28-11-7-24-4-8-25-30(18-29(40(47)52)35(28)33(24)25)48-21-45-36-31(48)19-43-20-44-36/h5-7,9-11,18-21,41-42H,1-4,8,12-17H2. The second-order valence-corrected chi connectivity index (χ2v) is 14.0. The van der Waals surface area contributed by atoms with Gasteiger partial charge in [0.2, 0.25) is 0 Å². The Morgan fingerprint density at radius 2 is 1.15 bits per heavy atom. The molecule has 0 fully saturated rings. The predicted molar refractivity (Wildman–Crippen MR) is 194 cm³/mol. The number of rotatable bonds is 11. The summed E-state index contributed by atoms with van der Waals surface area (Å²) in [6.45, 7) is 2.82. The van der Waals surface area contributed by atoms with E-state index >= 15 is 0 Å². The summed E-state index contributed by atoms with van der Waals surface area (Å²) in [5.74, 6) is -1.03. The molecule has 0 atom stereocenters. The third kappa shape index (κ3) is 4.50. The van der Waals surface area contributed by atoms with Crippen LogP contribution in [0.15, 0.2) is 61.3 Å². The number of hydrogen-bond acceptors (Lipinski definition) is 9. The Bertz CT molecular complexity index is 2520. The first-order valence-electron chi connectivity index (χ1n) is 18.0. The number of nitrogens with zero attached hydrogens (tertiary/aromatic N) is 6. The van der Waals surface area contributed by atoms with Crippen LogP contribution in [0.2, 0.25) is 0 Å². The molecule has 2 aliphatic heterocycles. The number of nitrogens with one attached hydrogen (secondary N) is 2. The lowest BCUT2D eigenvalue weighted by Crippen LogP contribution is -2.44. The van der Waals surface area contributed by atoms with Gasteiger partial charge in [-0.1, -0.05) is 18.2 Å². The van der Waals surface area contributed by atoms with Crippen molar-refractivity contribution in [3.63, 3.8) is 0 Å². The number of aryl methyl sites for hydroxylation is 4. The molecule has 52 heavy (non-hydrogen) atoms. The van der Waals surface area contributed by atoms with Crippen molar-refractivity contribution >= 4 is 56.3 Å².